The molecule has 0 saturated carbocycles. The van der Waals surface area contributed by atoms with Gasteiger partial charge in [-0.2, -0.15) is 0 Å². The van der Waals surface area contributed by atoms with Gasteiger partial charge in [0.25, 0.3) is 11.8 Å². The van der Waals surface area contributed by atoms with Crippen molar-refractivity contribution in [1.29, 1.82) is 0 Å². The van der Waals surface area contributed by atoms with E-state index in [9.17, 15) is 18.0 Å². The zero-order chi connectivity index (χ0) is 31.6. The van der Waals surface area contributed by atoms with Crippen LogP contribution in [0, 0.1) is 0 Å². The Kier molecular flexibility index (Phi) is 9.10. The van der Waals surface area contributed by atoms with Gasteiger partial charge < -0.3 is 14.5 Å². The van der Waals surface area contributed by atoms with Gasteiger partial charge in [-0.1, -0.05) is 26.8 Å². The number of nitrogens with zero attached hydrogens (tertiary/aromatic N) is 5. The first kappa shape index (κ1) is 31.9. The number of piperazine rings is 1. The minimum Gasteiger partial charge on any atom is -0.492 e. The van der Waals surface area contributed by atoms with Crippen molar-refractivity contribution in [1.82, 2.24) is 24.8 Å². The van der Waals surface area contributed by atoms with Crippen LogP contribution in [-0.2, 0) is 15.4 Å². The van der Waals surface area contributed by atoms with E-state index in [1.165, 1.54) is 26.8 Å². The molecule has 1 fully saturated rings. The molecule has 0 atom stereocenters. The summed E-state index contributed by atoms with van der Waals surface area (Å²) in [6, 6.07) is 11.0. The molecule has 12 heteroatoms. The summed E-state index contributed by atoms with van der Waals surface area (Å²) >= 11 is 0. The first-order valence-corrected chi connectivity index (χ1v) is 15.8. The van der Waals surface area contributed by atoms with Crippen LogP contribution in [0.4, 0.5) is 5.82 Å². The van der Waals surface area contributed by atoms with E-state index in [0.29, 0.717) is 49.9 Å². The van der Waals surface area contributed by atoms with Crippen molar-refractivity contribution in [2.75, 3.05) is 37.7 Å². The Morgan fingerprint density at radius 1 is 0.907 bits per heavy atom. The predicted molar refractivity (Wildman–Crippen MR) is 166 cm³/mol. The van der Waals surface area contributed by atoms with Gasteiger partial charge in [0.2, 0.25) is 10.0 Å². The quantitative estimate of drug-likeness (QED) is 0.421. The monoisotopic (exact) mass is 608 g/mol. The van der Waals surface area contributed by atoms with Crippen LogP contribution in [0.3, 0.4) is 0 Å². The number of anilines is 1. The number of hydrogen-bond donors (Lipinski definition) is 1. The van der Waals surface area contributed by atoms with E-state index >= 15 is 0 Å². The second-order valence-electron chi connectivity index (χ2n) is 12.5. The van der Waals surface area contributed by atoms with Crippen molar-refractivity contribution in [2.45, 2.75) is 58.6 Å². The molecule has 3 heterocycles. The normalized spacial score (nSPS) is 14.4. The number of rotatable bonds is 7. The number of carbonyl (C=O) groups excluding carboxylic acids is 2. The number of aromatic nitrogens is 3. The zero-order valence-electron chi connectivity index (χ0n) is 25.8. The minimum atomic E-state index is -3.87. The molecule has 1 aromatic carbocycles. The molecule has 4 rings (SSSR count). The lowest BCUT2D eigenvalue weighted by Gasteiger charge is -2.35. The fourth-order valence-corrected chi connectivity index (χ4v) is 5.09. The Bertz CT molecular complexity index is 1590. The molecule has 43 heavy (non-hydrogen) atoms. The minimum absolute atomic E-state index is 0.0564. The summed E-state index contributed by atoms with van der Waals surface area (Å²) in [5.74, 6) is 0.332. The molecular weight excluding hydrogens is 568 g/mol. The van der Waals surface area contributed by atoms with Gasteiger partial charge in [-0.25, -0.2) is 13.1 Å². The maximum absolute atomic E-state index is 13.7. The fourth-order valence-electron chi connectivity index (χ4n) is 4.44. The highest BCUT2D eigenvalue weighted by molar-refractivity contribution is 7.91. The van der Waals surface area contributed by atoms with Gasteiger partial charge in [0.05, 0.1) is 17.6 Å². The van der Waals surface area contributed by atoms with E-state index in [4.69, 9.17) is 4.74 Å². The highest BCUT2D eigenvalue weighted by Gasteiger charge is 2.32. The number of ether oxygens (including phenoxy) is 1. The van der Waals surface area contributed by atoms with Gasteiger partial charge in [0, 0.05) is 43.5 Å². The maximum atomic E-state index is 13.7. The third kappa shape index (κ3) is 7.48. The van der Waals surface area contributed by atoms with Crippen LogP contribution in [0.25, 0.3) is 11.1 Å². The first-order chi connectivity index (χ1) is 20.1. The summed E-state index contributed by atoms with van der Waals surface area (Å²) in [5.41, 5.74) is 3.16. The maximum Gasteiger partial charge on any atom is 0.285 e. The smallest absolute Gasteiger partial charge is 0.285 e. The van der Waals surface area contributed by atoms with Crippen LogP contribution < -0.4 is 14.4 Å². The van der Waals surface area contributed by atoms with Crippen LogP contribution in [0.5, 0.6) is 5.75 Å². The highest BCUT2D eigenvalue weighted by Crippen LogP contribution is 2.31. The van der Waals surface area contributed by atoms with E-state index in [-0.39, 0.29) is 17.0 Å². The Hall–Kier alpha value is -4.06. The average Bonchev–Trinajstić information content (AvgIpc) is 2.96. The van der Waals surface area contributed by atoms with E-state index in [1.807, 2.05) is 39.6 Å². The molecule has 11 nitrogen and oxygen atoms in total. The van der Waals surface area contributed by atoms with Crippen LogP contribution in [-0.4, -0.2) is 77.8 Å². The number of amides is 2. The molecule has 0 aliphatic carbocycles. The lowest BCUT2D eigenvalue weighted by atomic mass is 9.84. The number of pyridine rings is 1. The third-order valence-electron chi connectivity index (χ3n) is 7.21. The first-order valence-electron chi connectivity index (χ1n) is 14.3. The Morgan fingerprint density at radius 2 is 1.60 bits per heavy atom. The van der Waals surface area contributed by atoms with Crippen molar-refractivity contribution in [3.8, 4) is 16.9 Å². The standard InChI is InChI=1S/C31H40N6O5S/c1-8-42-25-18-23(19-32-20-25)21-15-22(17-24(16-21)30(2,3)4)29(39)37-13-11-36(12-14-37)27-10-9-26(33-34-27)28(38)35-43(40,41)31(5,6)7/h9-10,15-20H,8,11-14H2,1-7H3,(H,35,38). The van der Waals surface area contributed by atoms with Crippen LogP contribution in [0.2, 0.25) is 0 Å². The molecule has 230 valence electrons. The third-order valence-corrected chi connectivity index (χ3v) is 9.28. The van der Waals surface area contributed by atoms with Gasteiger partial charge in [-0.3, -0.25) is 14.6 Å². The number of sulfonamides is 1. The van der Waals surface area contributed by atoms with Crippen molar-refractivity contribution >= 4 is 27.7 Å². The Morgan fingerprint density at radius 3 is 2.19 bits per heavy atom. The van der Waals surface area contributed by atoms with Crippen LogP contribution >= 0.6 is 0 Å². The van der Waals surface area contributed by atoms with Gasteiger partial charge in [-0.15, -0.1) is 10.2 Å². The second kappa shape index (κ2) is 12.3. The number of nitrogens with one attached hydrogen (secondary N) is 1. The molecule has 2 amide bonds. The zero-order valence-corrected chi connectivity index (χ0v) is 26.7. The number of hydrogen-bond acceptors (Lipinski definition) is 9. The summed E-state index contributed by atoms with van der Waals surface area (Å²) in [4.78, 5) is 34.3. The van der Waals surface area contributed by atoms with Crippen molar-refractivity contribution in [3.05, 3.63) is 65.6 Å². The molecule has 1 aliphatic heterocycles. The molecule has 1 N–H and O–H groups in total. The Balaban J connectivity index is 1.47. The van der Waals surface area contributed by atoms with Crippen molar-refractivity contribution in [2.24, 2.45) is 0 Å². The van der Waals surface area contributed by atoms with Crippen LogP contribution in [0.1, 0.15) is 74.9 Å². The SMILES string of the molecule is CCOc1cncc(-c2cc(C(=O)N3CCN(c4ccc(C(=O)NS(=O)(=O)C(C)(C)C)nn4)CC3)cc(C(C)(C)C)c2)c1. The fraction of sp³-hybridized carbons (Fsp3) is 0.452. The topological polar surface area (TPSA) is 135 Å². The molecule has 1 saturated heterocycles. The summed E-state index contributed by atoms with van der Waals surface area (Å²) in [6.45, 7) is 15.3. The molecule has 0 spiro atoms. The van der Waals surface area contributed by atoms with Gasteiger partial charge >= 0.3 is 0 Å². The summed E-state index contributed by atoms with van der Waals surface area (Å²) < 4.78 is 31.2. The molecule has 0 bridgehead atoms. The lowest BCUT2D eigenvalue weighted by Crippen LogP contribution is -2.49. The average molecular weight is 609 g/mol. The molecular formula is C31H40N6O5S. The second-order valence-corrected chi connectivity index (χ2v) is 14.9. The summed E-state index contributed by atoms with van der Waals surface area (Å²) in [7, 11) is -3.87. The Labute approximate surface area is 253 Å². The van der Waals surface area contributed by atoms with E-state index in [2.05, 4.69) is 42.0 Å². The summed E-state index contributed by atoms with van der Waals surface area (Å²) in [6.07, 6.45) is 3.45. The highest BCUT2D eigenvalue weighted by atomic mass is 32.2. The molecule has 0 radical (unpaired) electrons. The molecule has 1 aliphatic rings. The molecule has 0 unspecified atom stereocenters. The summed E-state index contributed by atoms with van der Waals surface area (Å²) in [5, 5.41) is 8.10. The van der Waals surface area contributed by atoms with E-state index in [1.54, 1.807) is 18.5 Å². The van der Waals surface area contributed by atoms with Crippen molar-refractivity contribution < 1.29 is 22.7 Å². The van der Waals surface area contributed by atoms with Gasteiger partial charge in [0.15, 0.2) is 11.5 Å². The molecule has 2 aromatic heterocycles. The number of benzene rings is 1. The van der Waals surface area contributed by atoms with E-state index < -0.39 is 20.7 Å². The van der Waals surface area contributed by atoms with Gasteiger partial charge in [-0.05, 0) is 74.6 Å². The van der Waals surface area contributed by atoms with Crippen molar-refractivity contribution in [3.63, 3.8) is 0 Å². The van der Waals surface area contributed by atoms with E-state index in [0.717, 1.165) is 16.7 Å². The van der Waals surface area contributed by atoms with Crippen LogP contribution in [0.15, 0.2) is 48.8 Å². The molecule has 3 aromatic rings. The predicted octanol–water partition coefficient (Wildman–Crippen LogP) is 4.06. The number of carbonyl (C=O) groups is 2. The largest absolute Gasteiger partial charge is 0.492 e. The lowest BCUT2D eigenvalue weighted by molar-refractivity contribution is 0.0746. The van der Waals surface area contributed by atoms with Gasteiger partial charge in [0.1, 0.15) is 5.75 Å².